The number of amides is 2. The lowest BCUT2D eigenvalue weighted by molar-refractivity contribution is -0.134. The average Bonchev–Trinajstić information content (AvgIpc) is 3.10. The Hall–Kier alpha value is -1.89. The fourth-order valence-corrected chi connectivity index (χ4v) is 4.30. The lowest BCUT2D eigenvalue weighted by Crippen LogP contribution is -2.46. The Morgan fingerprint density at radius 1 is 1.38 bits per heavy atom. The third kappa shape index (κ3) is 2.70. The predicted molar refractivity (Wildman–Crippen MR) is 86.3 cm³/mol. The smallest absolute Gasteiger partial charge is 0.276 e. The molecule has 0 saturated carbocycles. The molecule has 3 heterocycles. The molecule has 132 valence electrons. The zero-order chi connectivity index (χ0) is 17.5. The van der Waals surface area contributed by atoms with Crippen molar-refractivity contribution in [2.45, 2.75) is 45.6 Å². The van der Waals surface area contributed by atoms with Gasteiger partial charge in [-0.25, -0.2) is 4.98 Å². The minimum absolute atomic E-state index is 0.000142. The highest BCUT2D eigenvalue weighted by atomic mass is 16.3. The van der Waals surface area contributed by atoms with E-state index in [9.17, 15) is 14.7 Å². The second kappa shape index (κ2) is 5.88. The van der Waals surface area contributed by atoms with Crippen LogP contribution in [0.2, 0.25) is 0 Å². The van der Waals surface area contributed by atoms with Crippen molar-refractivity contribution < 1.29 is 19.1 Å². The summed E-state index contributed by atoms with van der Waals surface area (Å²) in [6.45, 7) is 7.13. The van der Waals surface area contributed by atoms with Crippen LogP contribution in [0.4, 0.5) is 0 Å². The number of aliphatic hydroxyl groups excluding tert-OH is 1. The lowest BCUT2D eigenvalue weighted by Gasteiger charge is -2.39. The molecular formula is C17H25N3O4. The first-order valence-corrected chi connectivity index (χ1v) is 8.39. The number of carbonyl (C=O) groups is 2. The van der Waals surface area contributed by atoms with Gasteiger partial charge < -0.3 is 19.3 Å². The van der Waals surface area contributed by atoms with E-state index in [4.69, 9.17) is 4.42 Å². The molecule has 0 aliphatic carbocycles. The summed E-state index contributed by atoms with van der Waals surface area (Å²) in [6.07, 6.45) is 3.73. The van der Waals surface area contributed by atoms with E-state index in [1.807, 2.05) is 11.8 Å². The second-order valence-electron chi connectivity index (χ2n) is 7.49. The Labute approximate surface area is 141 Å². The average molecular weight is 335 g/mol. The number of hydrogen-bond donors (Lipinski definition) is 1. The van der Waals surface area contributed by atoms with Gasteiger partial charge in [-0.3, -0.25) is 9.59 Å². The standard InChI is InChI=1S/C17H25N3O4/c1-12-14(18-11-24-12)15(23)19-6-4-17(5-7-19)8-16(3,10-21)20(9-17)13(2)22/h11,21H,4-10H2,1-3H3. The first-order valence-electron chi connectivity index (χ1n) is 8.39. The Bertz CT molecular complexity index is 648. The number of likely N-dealkylation sites (tertiary alicyclic amines) is 2. The van der Waals surface area contributed by atoms with Crippen LogP contribution in [0.3, 0.4) is 0 Å². The Morgan fingerprint density at radius 3 is 2.50 bits per heavy atom. The summed E-state index contributed by atoms with van der Waals surface area (Å²) in [5.41, 5.74) is -0.137. The van der Waals surface area contributed by atoms with Crippen LogP contribution in [-0.4, -0.2) is 63.5 Å². The van der Waals surface area contributed by atoms with Crippen molar-refractivity contribution >= 4 is 11.8 Å². The summed E-state index contributed by atoms with van der Waals surface area (Å²) in [5, 5.41) is 9.78. The molecule has 0 aromatic carbocycles. The topological polar surface area (TPSA) is 86.9 Å². The summed E-state index contributed by atoms with van der Waals surface area (Å²) in [6, 6.07) is 0. The van der Waals surface area contributed by atoms with Gasteiger partial charge in [-0.05, 0) is 38.5 Å². The van der Waals surface area contributed by atoms with E-state index in [0.29, 0.717) is 31.1 Å². The van der Waals surface area contributed by atoms with E-state index in [1.54, 1.807) is 18.7 Å². The van der Waals surface area contributed by atoms with Gasteiger partial charge in [0.1, 0.15) is 5.76 Å². The third-order valence-electron chi connectivity index (χ3n) is 5.68. The molecule has 2 aliphatic heterocycles. The molecule has 7 nitrogen and oxygen atoms in total. The van der Waals surface area contributed by atoms with Gasteiger partial charge in [0.15, 0.2) is 12.1 Å². The van der Waals surface area contributed by atoms with Crippen molar-refractivity contribution in [2.75, 3.05) is 26.2 Å². The zero-order valence-electron chi connectivity index (χ0n) is 14.5. The number of nitrogens with zero attached hydrogens (tertiary/aromatic N) is 3. The monoisotopic (exact) mass is 335 g/mol. The van der Waals surface area contributed by atoms with Crippen LogP contribution in [0.15, 0.2) is 10.8 Å². The van der Waals surface area contributed by atoms with E-state index in [0.717, 1.165) is 19.3 Å². The van der Waals surface area contributed by atoms with Gasteiger partial charge in [-0.1, -0.05) is 0 Å². The largest absolute Gasteiger partial charge is 0.448 e. The van der Waals surface area contributed by atoms with Gasteiger partial charge >= 0.3 is 0 Å². The van der Waals surface area contributed by atoms with Crippen molar-refractivity contribution in [3.05, 3.63) is 17.8 Å². The van der Waals surface area contributed by atoms with Crippen LogP contribution >= 0.6 is 0 Å². The second-order valence-corrected chi connectivity index (χ2v) is 7.49. The van der Waals surface area contributed by atoms with Crippen LogP contribution in [0.25, 0.3) is 0 Å². The van der Waals surface area contributed by atoms with E-state index >= 15 is 0 Å². The molecule has 24 heavy (non-hydrogen) atoms. The number of hydrogen-bond acceptors (Lipinski definition) is 5. The van der Waals surface area contributed by atoms with Crippen LogP contribution in [-0.2, 0) is 4.79 Å². The van der Waals surface area contributed by atoms with Gasteiger partial charge in [0.05, 0.1) is 12.1 Å². The number of rotatable bonds is 2. The van der Waals surface area contributed by atoms with Gasteiger partial charge in [0.25, 0.3) is 5.91 Å². The molecular weight excluding hydrogens is 310 g/mol. The molecule has 0 radical (unpaired) electrons. The molecule has 2 fully saturated rings. The molecule has 1 aromatic rings. The van der Waals surface area contributed by atoms with Crippen molar-refractivity contribution in [1.82, 2.24) is 14.8 Å². The SMILES string of the molecule is CC(=O)N1CC2(CCN(C(=O)c3ncoc3C)CC2)CC1(C)CO. The predicted octanol–water partition coefficient (Wildman–Crippen LogP) is 1.21. The molecule has 1 atom stereocenters. The molecule has 1 aromatic heterocycles. The first kappa shape index (κ1) is 17.0. The van der Waals surface area contributed by atoms with Gasteiger partial charge in [0.2, 0.25) is 5.91 Å². The number of aryl methyl sites for hydroxylation is 1. The molecule has 2 amide bonds. The quantitative estimate of drug-likeness (QED) is 0.878. The minimum Gasteiger partial charge on any atom is -0.448 e. The van der Waals surface area contributed by atoms with E-state index in [2.05, 4.69) is 4.98 Å². The van der Waals surface area contributed by atoms with Crippen LogP contribution in [0, 0.1) is 12.3 Å². The lowest BCUT2D eigenvalue weighted by atomic mass is 9.74. The van der Waals surface area contributed by atoms with Gasteiger partial charge in [0, 0.05) is 26.6 Å². The van der Waals surface area contributed by atoms with E-state index in [1.165, 1.54) is 6.39 Å². The van der Waals surface area contributed by atoms with Crippen molar-refractivity contribution in [2.24, 2.45) is 5.41 Å². The fourth-order valence-electron chi connectivity index (χ4n) is 4.30. The molecule has 1 spiro atoms. The van der Waals surface area contributed by atoms with Gasteiger partial charge in [-0.2, -0.15) is 0 Å². The summed E-state index contributed by atoms with van der Waals surface area (Å²) >= 11 is 0. The summed E-state index contributed by atoms with van der Waals surface area (Å²) in [5.74, 6) is 0.444. The maximum Gasteiger partial charge on any atom is 0.276 e. The zero-order valence-corrected chi connectivity index (χ0v) is 14.5. The first-order chi connectivity index (χ1) is 11.3. The molecule has 7 heteroatoms. The molecule has 1 N–H and O–H groups in total. The molecule has 3 rings (SSSR count). The number of carbonyl (C=O) groups excluding carboxylic acids is 2. The van der Waals surface area contributed by atoms with Crippen LogP contribution in [0.5, 0.6) is 0 Å². The minimum atomic E-state index is -0.499. The summed E-state index contributed by atoms with van der Waals surface area (Å²) in [4.78, 5) is 32.1. The van der Waals surface area contributed by atoms with Crippen molar-refractivity contribution in [1.29, 1.82) is 0 Å². The summed E-state index contributed by atoms with van der Waals surface area (Å²) in [7, 11) is 0. The van der Waals surface area contributed by atoms with Crippen molar-refractivity contribution in [3.63, 3.8) is 0 Å². The van der Waals surface area contributed by atoms with Crippen molar-refractivity contribution in [3.8, 4) is 0 Å². The molecule has 1 unspecified atom stereocenters. The van der Waals surface area contributed by atoms with E-state index < -0.39 is 5.54 Å². The number of piperidine rings is 1. The normalized spacial score (nSPS) is 26.2. The number of aromatic nitrogens is 1. The Balaban J connectivity index is 1.70. The summed E-state index contributed by atoms with van der Waals surface area (Å²) < 4.78 is 5.12. The van der Waals surface area contributed by atoms with Crippen LogP contribution < -0.4 is 0 Å². The Morgan fingerprint density at radius 2 is 2.04 bits per heavy atom. The molecule has 0 bridgehead atoms. The van der Waals surface area contributed by atoms with Gasteiger partial charge in [-0.15, -0.1) is 0 Å². The van der Waals surface area contributed by atoms with E-state index in [-0.39, 0.29) is 23.8 Å². The number of oxazole rings is 1. The third-order valence-corrected chi connectivity index (χ3v) is 5.68. The highest BCUT2D eigenvalue weighted by molar-refractivity contribution is 5.93. The maximum atomic E-state index is 12.5. The Kier molecular flexibility index (Phi) is 4.15. The number of aliphatic hydroxyl groups is 1. The maximum absolute atomic E-state index is 12.5. The highest BCUT2D eigenvalue weighted by Gasteiger charge is 2.52. The molecule has 2 aliphatic rings. The highest BCUT2D eigenvalue weighted by Crippen LogP contribution is 2.48. The molecule has 2 saturated heterocycles. The van der Waals surface area contributed by atoms with Crippen LogP contribution in [0.1, 0.15) is 49.4 Å². The fraction of sp³-hybridized carbons (Fsp3) is 0.706.